The molecular formula is C14H26OS. The molecule has 94 valence electrons. The molecule has 1 nitrogen and oxygen atoms in total. The number of hydrogen-bond donors (Lipinski definition) is 0. The second-order valence-corrected chi connectivity index (χ2v) is 6.33. The number of rotatable bonds is 7. The molecule has 2 unspecified atom stereocenters. The molecule has 0 aromatic rings. The van der Waals surface area contributed by atoms with Crippen LogP contribution in [0.4, 0.5) is 0 Å². The van der Waals surface area contributed by atoms with Gasteiger partial charge in [-0.15, -0.1) is 0 Å². The van der Waals surface area contributed by atoms with Crippen LogP contribution < -0.4 is 0 Å². The summed E-state index contributed by atoms with van der Waals surface area (Å²) in [6.45, 7) is 4.46. The Morgan fingerprint density at radius 2 is 2.12 bits per heavy atom. The van der Waals surface area contributed by atoms with Gasteiger partial charge in [-0.25, -0.2) is 0 Å². The van der Waals surface area contributed by atoms with Crippen LogP contribution in [0.2, 0.25) is 0 Å². The molecule has 1 aliphatic rings. The fourth-order valence-corrected chi connectivity index (χ4v) is 3.39. The average molecular weight is 242 g/mol. The highest BCUT2D eigenvalue weighted by Gasteiger charge is 2.27. The van der Waals surface area contributed by atoms with Crippen LogP contribution in [0.15, 0.2) is 0 Å². The van der Waals surface area contributed by atoms with Crippen molar-refractivity contribution in [2.75, 3.05) is 11.5 Å². The van der Waals surface area contributed by atoms with Crippen LogP contribution in [0, 0.1) is 11.8 Å². The molecule has 0 aliphatic heterocycles. The second-order valence-electron chi connectivity index (χ2n) is 4.93. The molecular weight excluding hydrogens is 216 g/mol. The summed E-state index contributed by atoms with van der Waals surface area (Å²) in [6.07, 6.45) is 8.18. The van der Waals surface area contributed by atoms with E-state index in [4.69, 9.17) is 0 Å². The maximum absolute atomic E-state index is 11.8. The standard InChI is InChI=1S/C14H26OS/c1-3-6-12-8-9-14(15)13(11-12)7-5-10-16-4-2/h12-13H,3-11H2,1-2H3. The third kappa shape index (κ3) is 4.90. The van der Waals surface area contributed by atoms with Gasteiger partial charge in [-0.1, -0.05) is 26.7 Å². The number of thioether (sulfide) groups is 1. The van der Waals surface area contributed by atoms with E-state index >= 15 is 0 Å². The summed E-state index contributed by atoms with van der Waals surface area (Å²) in [5, 5.41) is 0. The van der Waals surface area contributed by atoms with Gasteiger partial charge in [-0.3, -0.25) is 4.79 Å². The first-order chi connectivity index (χ1) is 7.77. The molecule has 1 saturated carbocycles. The predicted octanol–water partition coefficient (Wildman–Crippen LogP) is 4.31. The Labute approximate surface area is 105 Å². The van der Waals surface area contributed by atoms with Crippen LogP contribution in [-0.4, -0.2) is 17.3 Å². The van der Waals surface area contributed by atoms with Crippen LogP contribution in [0.3, 0.4) is 0 Å². The molecule has 0 saturated heterocycles. The molecule has 1 aliphatic carbocycles. The zero-order valence-corrected chi connectivity index (χ0v) is 11.7. The minimum absolute atomic E-state index is 0.405. The van der Waals surface area contributed by atoms with Crippen LogP contribution in [0.1, 0.15) is 58.8 Å². The van der Waals surface area contributed by atoms with E-state index < -0.39 is 0 Å². The highest BCUT2D eigenvalue weighted by Crippen LogP contribution is 2.32. The van der Waals surface area contributed by atoms with Gasteiger partial charge in [0.1, 0.15) is 5.78 Å². The first-order valence-electron chi connectivity index (χ1n) is 6.88. The van der Waals surface area contributed by atoms with Crippen molar-refractivity contribution in [3.63, 3.8) is 0 Å². The van der Waals surface area contributed by atoms with Crippen molar-refractivity contribution >= 4 is 17.5 Å². The van der Waals surface area contributed by atoms with Crippen molar-refractivity contribution in [1.82, 2.24) is 0 Å². The van der Waals surface area contributed by atoms with Gasteiger partial charge in [0.05, 0.1) is 0 Å². The molecule has 2 atom stereocenters. The summed E-state index contributed by atoms with van der Waals surface area (Å²) < 4.78 is 0. The number of Topliss-reactive ketones (excluding diaryl/α,β-unsaturated/α-hetero) is 1. The normalized spacial score (nSPS) is 26.0. The molecule has 1 fully saturated rings. The van der Waals surface area contributed by atoms with Crippen molar-refractivity contribution in [2.24, 2.45) is 11.8 Å². The summed E-state index contributed by atoms with van der Waals surface area (Å²) >= 11 is 2.00. The Balaban J connectivity index is 2.23. The molecule has 0 aromatic heterocycles. The van der Waals surface area contributed by atoms with Gasteiger partial charge in [0.15, 0.2) is 0 Å². The summed E-state index contributed by atoms with van der Waals surface area (Å²) in [5.41, 5.74) is 0. The van der Waals surface area contributed by atoms with Gasteiger partial charge in [-0.05, 0) is 43.1 Å². The molecule has 16 heavy (non-hydrogen) atoms. The molecule has 0 heterocycles. The van der Waals surface area contributed by atoms with E-state index in [0.29, 0.717) is 11.7 Å². The smallest absolute Gasteiger partial charge is 0.135 e. The summed E-state index contributed by atoms with van der Waals surface area (Å²) in [5.74, 6) is 4.23. The largest absolute Gasteiger partial charge is 0.299 e. The van der Waals surface area contributed by atoms with Crippen LogP contribution in [-0.2, 0) is 4.79 Å². The van der Waals surface area contributed by atoms with E-state index in [-0.39, 0.29) is 0 Å². The second kappa shape index (κ2) is 8.16. The van der Waals surface area contributed by atoms with Crippen LogP contribution in [0.5, 0.6) is 0 Å². The fourth-order valence-electron chi connectivity index (χ4n) is 2.73. The first-order valence-corrected chi connectivity index (χ1v) is 8.03. The van der Waals surface area contributed by atoms with Crippen molar-refractivity contribution in [1.29, 1.82) is 0 Å². The number of hydrogen-bond acceptors (Lipinski definition) is 2. The Kier molecular flexibility index (Phi) is 7.18. The minimum Gasteiger partial charge on any atom is -0.299 e. The van der Waals surface area contributed by atoms with Gasteiger partial charge in [0, 0.05) is 12.3 Å². The van der Waals surface area contributed by atoms with Gasteiger partial charge in [-0.2, -0.15) is 11.8 Å². The Bertz CT molecular complexity index is 203. The highest BCUT2D eigenvalue weighted by molar-refractivity contribution is 7.99. The Hall–Kier alpha value is 0.0200. The quantitative estimate of drug-likeness (QED) is 0.619. The lowest BCUT2D eigenvalue weighted by atomic mass is 9.77. The highest BCUT2D eigenvalue weighted by atomic mass is 32.2. The Morgan fingerprint density at radius 3 is 2.81 bits per heavy atom. The van der Waals surface area contributed by atoms with E-state index in [1.54, 1.807) is 0 Å². The van der Waals surface area contributed by atoms with Crippen molar-refractivity contribution in [3.8, 4) is 0 Å². The lowest BCUT2D eigenvalue weighted by Crippen LogP contribution is -2.25. The fraction of sp³-hybridized carbons (Fsp3) is 0.929. The predicted molar refractivity (Wildman–Crippen MR) is 73.0 cm³/mol. The van der Waals surface area contributed by atoms with E-state index in [2.05, 4.69) is 13.8 Å². The molecule has 0 bridgehead atoms. The topological polar surface area (TPSA) is 17.1 Å². The minimum atomic E-state index is 0.405. The molecule has 0 amide bonds. The van der Waals surface area contributed by atoms with Gasteiger partial charge in [0.25, 0.3) is 0 Å². The van der Waals surface area contributed by atoms with Crippen LogP contribution >= 0.6 is 11.8 Å². The van der Waals surface area contributed by atoms with Gasteiger partial charge >= 0.3 is 0 Å². The van der Waals surface area contributed by atoms with E-state index in [1.807, 2.05) is 11.8 Å². The monoisotopic (exact) mass is 242 g/mol. The summed E-state index contributed by atoms with van der Waals surface area (Å²) in [4.78, 5) is 11.8. The first kappa shape index (κ1) is 14.1. The number of carbonyl (C=O) groups excluding carboxylic acids is 1. The third-order valence-corrected chi connectivity index (χ3v) is 4.60. The summed E-state index contributed by atoms with van der Waals surface area (Å²) in [7, 11) is 0. The van der Waals surface area contributed by atoms with Gasteiger partial charge in [0.2, 0.25) is 0 Å². The van der Waals surface area contributed by atoms with Crippen molar-refractivity contribution in [2.45, 2.75) is 58.8 Å². The lowest BCUT2D eigenvalue weighted by Gasteiger charge is -2.27. The molecule has 1 rings (SSSR count). The zero-order valence-electron chi connectivity index (χ0n) is 10.8. The maximum atomic E-state index is 11.8. The SMILES string of the molecule is CCCC1CCC(=O)C(CCCSCC)C1. The number of carbonyl (C=O) groups is 1. The van der Waals surface area contributed by atoms with Crippen molar-refractivity contribution < 1.29 is 4.79 Å². The van der Waals surface area contributed by atoms with E-state index in [1.165, 1.54) is 37.2 Å². The summed E-state index contributed by atoms with van der Waals surface area (Å²) in [6, 6.07) is 0. The molecule has 2 heteroatoms. The molecule has 0 spiro atoms. The van der Waals surface area contributed by atoms with Crippen LogP contribution in [0.25, 0.3) is 0 Å². The van der Waals surface area contributed by atoms with E-state index in [0.717, 1.165) is 25.2 Å². The third-order valence-electron chi connectivity index (χ3n) is 3.61. The lowest BCUT2D eigenvalue weighted by molar-refractivity contribution is -0.125. The zero-order chi connectivity index (χ0) is 11.8. The van der Waals surface area contributed by atoms with Gasteiger partial charge < -0.3 is 0 Å². The average Bonchev–Trinajstić information content (AvgIpc) is 2.29. The Morgan fingerprint density at radius 1 is 1.31 bits per heavy atom. The molecule has 0 N–H and O–H groups in total. The number of ketones is 1. The van der Waals surface area contributed by atoms with E-state index in [9.17, 15) is 4.79 Å². The molecule has 0 radical (unpaired) electrons. The molecule has 0 aromatic carbocycles. The maximum Gasteiger partial charge on any atom is 0.135 e. The van der Waals surface area contributed by atoms with Crippen molar-refractivity contribution in [3.05, 3.63) is 0 Å².